The average Bonchev–Trinajstić information content (AvgIpc) is 3.48. The average molecular weight is 685 g/mol. The van der Waals surface area contributed by atoms with Crippen LogP contribution in [0.5, 0.6) is 11.5 Å². The minimum atomic E-state index is 0. The number of fused-ring (bicyclic) bond motifs is 8. The van der Waals surface area contributed by atoms with Gasteiger partial charge in [-0.3, -0.25) is 4.98 Å². The molecule has 4 aromatic heterocycles. The molecule has 0 aliphatic heterocycles. The van der Waals surface area contributed by atoms with Crippen LogP contribution in [0.3, 0.4) is 0 Å². The molecule has 0 aliphatic carbocycles. The summed E-state index contributed by atoms with van der Waals surface area (Å²) in [4.78, 5) is 9.30. The van der Waals surface area contributed by atoms with Crippen molar-refractivity contribution in [1.82, 2.24) is 14.5 Å². The predicted molar refractivity (Wildman–Crippen MR) is 150 cm³/mol. The van der Waals surface area contributed by atoms with Gasteiger partial charge in [0.05, 0.1) is 5.58 Å². The minimum absolute atomic E-state index is 0. The summed E-state index contributed by atoms with van der Waals surface area (Å²) >= 11 is 0. The second kappa shape index (κ2) is 9.07. The Morgan fingerprint density at radius 1 is 0.795 bits per heavy atom. The van der Waals surface area contributed by atoms with Gasteiger partial charge in [0.15, 0.2) is 0 Å². The van der Waals surface area contributed by atoms with E-state index in [1.807, 2.05) is 73.8 Å². The van der Waals surface area contributed by atoms with E-state index in [0.29, 0.717) is 11.5 Å². The SMILES string of the molecule is Cc1cnc2c(ccc3oc4ccc(Oc5[c-]c6c(cc5)c5ccccc5n6-c5ccccn5)[c-]c4c32)c1.[Pt+2]. The molecule has 0 N–H and O–H groups in total. The number of ether oxygens (including phenoxy) is 1. The molecule has 0 radical (unpaired) electrons. The van der Waals surface area contributed by atoms with E-state index < -0.39 is 0 Å². The zero-order valence-corrected chi connectivity index (χ0v) is 23.0. The molecule has 0 spiro atoms. The van der Waals surface area contributed by atoms with E-state index in [4.69, 9.17) is 14.1 Å². The maximum absolute atomic E-state index is 6.32. The Labute approximate surface area is 237 Å². The molecule has 0 saturated heterocycles. The largest absolute Gasteiger partial charge is 2.00 e. The summed E-state index contributed by atoms with van der Waals surface area (Å²) in [6.45, 7) is 2.04. The fourth-order valence-corrected chi connectivity index (χ4v) is 5.31. The van der Waals surface area contributed by atoms with E-state index in [-0.39, 0.29) is 21.1 Å². The Kier molecular flexibility index (Phi) is 5.50. The van der Waals surface area contributed by atoms with E-state index >= 15 is 0 Å². The molecule has 0 amide bonds. The van der Waals surface area contributed by atoms with Crippen molar-refractivity contribution in [2.24, 2.45) is 0 Å². The van der Waals surface area contributed by atoms with Crippen molar-refractivity contribution in [2.75, 3.05) is 0 Å². The van der Waals surface area contributed by atoms with E-state index in [2.05, 4.69) is 45.9 Å². The van der Waals surface area contributed by atoms with Crippen molar-refractivity contribution in [3.63, 3.8) is 0 Å². The number of aryl methyl sites for hydroxylation is 1. The topological polar surface area (TPSA) is 53.1 Å². The van der Waals surface area contributed by atoms with Gasteiger partial charge in [0.1, 0.15) is 5.82 Å². The predicted octanol–water partition coefficient (Wildman–Crippen LogP) is 8.32. The van der Waals surface area contributed by atoms with Gasteiger partial charge in [-0.05, 0) is 59.0 Å². The van der Waals surface area contributed by atoms with Crippen LogP contribution in [0.4, 0.5) is 0 Å². The molecule has 8 aromatic rings. The Balaban J connectivity index is 0.00000253. The van der Waals surface area contributed by atoms with E-state index in [1.165, 1.54) is 0 Å². The number of rotatable bonds is 3. The molecular formula is C33H19N3O2Pt. The van der Waals surface area contributed by atoms with Gasteiger partial charge in [0.2, 0.25) is 0 Å². The van der Waals surface area contributed by atoms with Crippen LogP contribution >= 0.6 is 0 Å². The first-order valence-corrected chi connectivity index (χ1v) is 12.4. The van der Waals surface area contributed by atoms with Gasteiger partial charge < -0.3 is 13.7 Å². The van der Waals surface area contributed by atoms with Gasteiger partial charge in [-0.15, -0.1) is 17.5 Å². The van der Waals surface area contributed by atoms with Crippen molar-refractivity contribution >= 4 is 54.6 Å². The summed E-state index contributed by atoms with van der Waals surface area (Å²) in [6.07, 6.45) is 3.68. The molecule has 8 rings (SSSR count). The van der Waals surface area contributed by atoms with Crippen molar-refractivity contribution in [3.8, 4) is 17.3 Å². The number of hydrogen-bond acceptors (Lipinski definition) is 4. The third-order valence-corrected chi connectivity index (χ3v) is 6.96. The molecule has 0 atom stereocenters. The summed E-state index contributed by atoms with van der Waals surface area (Å²) in [5, 5.41) is 5.09. The van der Waals surface area contributed by atoms with E-state index in [0.717, 1.165) is 66.0 Å². The summed E-state index contributed by atoms with van der Waals surface area (Å²) in [5.74, 6) is 2.01. The summed E-state index contributed by atoms with van der Waals surface area (Å²) in [5.41, 5.74) is 5.52. The zero-order valence-electron chi connectivity index (χ0n) is 20.7. The van der Waals surface area contributed by atoms with Crippen LogP contribution in [-0.2, 0) is 21.1 Å². The van der Waals surface area contributed by atoms with Gasteiger partial charge in [0.25, 0.3) is 0 Å². The van der Waals surface area contributed by atoms with Gasteiger partial charge in [-0.25, -0.2) is 4.98 Å². The van der Waals surface area contributed by atoms with Crippen LogP contribution in [0.25, 0.3) is 60.5 Å². The molecule has 0 aliphatic rings. The molecule has 4 heterocycles. The quantitative estimate of drug-likeness (QED) is 0.176. The molecule has 0 fully saturated rings. The van der Waals surface area contributed by atoms with Gasteiger partial charge in [-0.1, -0.05) is 59.4 Å². The first kappa shape index (κ1) is 23.6. The van der Waals surface area contributed by atoms with Crippen LogP contribution in [0, 0.1) is 19.1 Å². The number of nitrogens with zero attached hydrogens (tertiary/aromatic N) is 3. The fraction of sp³-hybridized carbons (Fsp3) is 0.0303. The van der Waals surface area contributed by atoms with Crippen LogP contribution < -0.4 is 4.74 Å². The van der Waals surface area contributed by atoms with E-state index in [9.17, 15) is 0 Å². The fourth-order valence-electron chi connectivity index (χ4n) is 5.31. The third-order valence-electron chi connectivity index (χ3n) is 6.96. The van der Waals surface area contributed by atoms with Gasteiger partial charge in [-0.2, -0.15) is 6.07 Å². The zero-order chi connectivity index (χ0) is 25.2. The maximum Gasteiger partial charge on any atom is 2.00 e. The third kappa shape index (κ3) is 3.73. The van der Waals surface area contributed by atoms with Crippen LogP contribution in [0.15, 0.2) is 102 Å². The van der Waals surface area contributed by atoms with Crippen molar-refractivity contribution < 1.29 is 30.2 Å². The first-order chi connectivity index (χ1) is 18.7. The van der Waals surface area contributed by atoms with Crippen LogP contribution in [0.2, 0.25) is 0 Å². The molecule has 6 heteroatoms. The minimum Gasteiger partial charge on any atom is -0.510 e. The van der Waals surface area contributed by atoms with Crippen molar-refractivity contribution in [2.45, 2.75) is 6.92 Å². The standard InChI is InChI=1S/C33H19N3O2.Pt/c1-20-16-21-9-13-30-32(33(21)35-19-20)26-17-22(11-14-29(26)38-30)37-23-10-12-25-24-6-2-3-7-27(24)36(28(25)18-23)31-8-4-5-15-34-31;/h2-16,19H,1H3;/q-2;+2. The molecule has 0 unspecified atom stereocenters. The number of para-hydroxylation sites is 1. The number of benzene rings is 4. The second-order valence-corrected chi connectivity index (χ2v) is 9.41. The summed E-state index contributed by atoms with van der Waals surface area (Å²) < 4.78 is 14.6. The number of aromatic nitrogens is 3. The number of furan rings is 1. The first-order valence-electron chi connectivity index (χ1n) is 12.4. The van der Waals surface area contributed by atoms with Crippen molar-refractivity contribution in [3.05, 3.63) is 115 Å². The van der Waals surface area contributed by atoms with Crippen LogP contribution in [0.1, 0.15) is 5.56 Å². The molecule has 0 bridgehead atoms. The number of pyridine rings is 2. The van der Waals surface area contributed by atoms with Crippen LogP contribution in [-0.4, -0.2) is 14.5 Å². The number of hydrogen-bond donors (Lipinski definition) is 0. The Hall–Kier alpha value is -4.47. The van der Waals surface area contributed by atoms with E-state index in [1.54, 1.807) is 6.20 Å². The van der Waals surface area contributed by atoms with Gasteiger partial charge >= 0.3 is 21.1 Å². The Bertz CT molecular complexity index is 2180. The molecule has 0 saturated carbocycles. The van der Waals surface area contributed by atoms with Gasteiger partial charge in [0, 0.05) is 40.5 Å². The maximum atomic E-state index is 6.32. The molecular weight excluding hydrogens is 665 g/mol. The molecule has 39 heavy (non-hydrogen) atoms. The second-order valence-electron chi connectivity index (χ2n) is 9.41. The van der Waals surface area contributed by atoms with Crippen molar-refractivity contribution in [1.29, 1.82) is 0 Å². The summed E-state index contributed by atoms with van der Waals surface area (Å²) in [7, 11) is 0. The smallest absolute Gasteiger partial charge is 0.510 e. The normalized spacial score (nSPS) is 11.5. The molecule has 4 aromatic carbocycles. The Morgan fingerprint density at radius 2 is 1.62 bits per heavy atom. The Morgan fingerprint density at radius 3 is 2.51 bits per heavy atom. The monoisotopic (exact) mass is 684 g/mol. The summed E-state index contributed by atoms with van der Waals surface area (Å²) in [6, 6.07) is 35.1. The molecule has 5 nitrogen and oxygen atoms in total. The molecule has 188 valence electrons.